The quantitative estimate of drug-likeness (QED) is 0.738. The standard InChI is InChI=1S/C20H24N6O/c1-14-6-7-18(15(2)9-14)26-13-17(12-23-26)24-20(27)25-8-4-3-5-19(25)16-10-21-22-11-16/h6-7,9-13,19H,3-5,8H2,1-2H3,(H,21,22)(H,24,27). The molecule has 1 aliphatic rings. The van der Waals surface area contributed by atoms with Crippen molar-refractivity contribution >= 4 is 11.7 Å². The number of urea groups is 1. The summed E-state index contributed by atoms with van der Waals surface area (Å²) in [7, 11) is 0. The summed E-state index contributed by atoms with van der Waals surface area (Å²) in [5.41, 5.74) is 5.11. The van der Waals surface area contributed by atoms with E-state index in [4.69, 9.17) is 0 Å². The maximum absolute atomic E-state index is 12.9. The van der Waals surface area contributed by atoms with Crippen molar-refractivity contribution in [3.8, 4) is 5.69 Å². The van der Waals surface area contributed by atoms with E-state index < -0.39 is 0 Å². The van der Waals surface area contributed by atoms with Crippen molar-refractivity contribution in [2.24, 2.45) is 0 Å². The van der Waals surface area contributed by atoms with Crippen molar-refractivity contribution in [1.82, 2.24) is 24.9 Å². The number of benzene rings is 1. The molecule has 2 N–H and O–H groups in total. The number of aromatic nitrogens is 4. The first-order valence-corrected chi connectivity index (χ1v) is 9.30. The molecule has 3 heterocycles. The SMILES string of the molecule is Cc1ccc(-n2cc(NC(=O)N3CCCCC3c3cn[nH]c3)cn2)c(C)c1. The monoisotopic (exact) mass is 364 g/mol. The number of amides is 2. The summed E-state index contributed by atoms with van der Waals surface area (Å²) >= 11 is 0. The summed E-state index contributed by atoms with van der Waals surface area (Å²) in [6, 6.07) is 6.19. The predicted molar refractivity (Wildman–Crippen MR) is 104 cm³/mol. The molecule has 1 aromatic carbocycles. The van der Waals surface area contributed by atoms with Gasteiger partial charge < -0.3 is 10.2 Å². The fraction of sp³-hybridized carbons (Fsp3) is 0.350. The zero-order valence-electron chi connectivity index (χ0n) is 15.6. The number of carbonyl (C=O) groups is 1. The molecule has 1 fully saturated rings. The summed E-state index contributed by atoms with van der Waals surface area (Å²) in [6.07, 6.45) is 10.3. The number of H-pyrrole nitrogens is 1. The number of nitrogens with one attached hydrogen (secondary N) is 2. The smallest absolute Gasteiger partial charge is 0.317 e. The highest BCUT2D eigenvalue weighted by Gasteiger charge is 2.28. The van der Waals surface area contributed by atoms with Crippen LogP contribution in [0, 0.1) is 13.8 Å². The Kier molecular flexibility index (Phi) is 4.66. The Balaban J connectivity index is 1.50. The van der Waals surface area contributed by atoms with E-state index in [1.54, 1.807) is 17.1 Å². The zero-order chi connectivity index (χ0) is 18.8. The number of hydrogen-bond acceptors (Lipinski definition) is 3. The van der Waals surface area contributed by atoms with Crippen molar-refractivity contribution in [2.45, 2.75) is 39.2 Å². The highest BCUT2D eigenvalue weighted by molar-refractivity contribution is 5.89. The van der Waals surface area contributed by atoms with E-state index in [0.29, 0.717) is 5.69 Å². The van der Waals surface area contributed by atoms with Crippen LogP contribution in [0.25, 0.3) is 5.69 Å². The van der Waals surface area contributed by atoms with Crippen LogP contribution in [-0.4, -0.2) is 37.5 Å². The predicted octanol–water partition coefficient (Wildman–Crippen LogP) is 3.97. The number of aromatic amines is 1. The van der Waals surface area contributed by atoms with Gasteiger partial charge in [-0.25, -0.2) is 9.48 Å². The fourth-order valence-corrected chi connectivity index (χ4v) is 3.74. The average molecular weight is 364 g/mol. The number of rotatable bonds is 3. The van der Waals surface area contributed by atoms with Crippen LogP contribution in [-0.2, 0) is 0 Å². The van der Waals surface area contributed by atoms with Gasteiger partial charge in [0.2, 0.25) is 0 Å². The number of aryl methyl sites for hydroxylation is 2. The van der Waals surface area contributed by atoms with Gasteiger partial charge >= 0.3 is 6.03 Å². The highest BCUT2D eigenvalue weighted by atomic mass is 16.2. The molecular weight excluding hydrogens is 340 g/mol. The minimum absolute atomic E-state index is 0.0619. The van der Waals surface area contributed by atoms with Crippen LogP contribution in [0.2, 0.25) is 0 Å². The Morgan fingerprint density at radius 3 is 2.93 bits per heavy atom. The second-order valence-corrected chi connectivity index (χ2v) is 7.13. The van der Waals surface area contributed by atoms with E-state index in [0.717, 1.165) is 42.6 Å². The second kappa shape index (κ2) is 7.26. The molecular formula is C20H24N6O. The lowest BCUT2D eigenvalue weighted by Gasteiger charge is -2.35. The maximum Gasteiger partial charge on any atom is 0.322 e. The molecule has 0 spiro atoms. The van der Waals surface area contributed by atoms with Gasteiger partial charge in [-0.15, -0.1) is 0 Å². The van der Waals surface area contributed by atoms with Crippen molar-refractivity contribution in [3.05, 3.63) is 59.7 Å². The lowest BCUT2D eigenvalue weighted by Crippen LogP contribution is -2.41. The summed E-state index contributed by atoms with van der Waals surface area (Å²) in [5.74, 6) is 0. The Labute approximate surface area is 158 Å². The Bertz CT molecular complexity index is 930. The van der Waals surface area contributed by atoms with Crippen molar-refractivity contribution in [1.29, 1.82) is 0 Å². The Morgan fingerprint density at radius 2 is 2.15 bits per heavy atom. The molecule has 1 unspecified atom stereocenters. The molecule has 4 rings (SSSR count). The van der Waals surface area contributed by atoms with E-state index in [2.05, 4.69) is 46.6 Å². The van der Waals surface area contributed by atoms with Crippen molar-refractivity contribution in [3.63, 3.8) is 0 Å². The molecule has 7 nitrogen and oxygen atoms in total. The third kappa shape index (κ3) is 3.58. The topological polar surface area (TPSA) is 78.8 Å². The summed E-state index contributed by atoms with van der Waals surface area (Å²) < 4.78 is 1.80. The Morgan fingerprint density at radius 1 is 1.26 bits per heavy atom. The van der Waals surface area contributed by atoms with Gasteiger partial charge in [0.15, 0.2) is 0 Å². The van der Waals surface area contributed by atoms with E-state index in [1.807, 2.05) is 23.4 Å². The first-order valence-electron chi connectivity index (χ1n) is 9.30. The number of carbonyl (C=O) groups excluding carboxylic acids is 1. The number of nitrogens with zero attached hydrogens (tertiary/aromatic N) is 4. The van der Waals surface area contributed by atoms with Gasteiger partial charge in [-0.3, -0.25) is 5.10 Å². The van der Waals surface area contributed by atoms with Crippen LogP contribution in [0.5, 0.6) is 0 Å². The van der Waals surface area contributed by atoms with Gasteiger partial charge in [0, 0.05) is 18.3 Å². The van der Waals surface area contributed by atoms with Gasteiger partial charge in [0.1, 0.15) is 0 Å². The van der Waals surface area contributed by atoms with Crippen LogP contribution < -0.4 is 5.32 Å². The second-order valence-electron chi connectivity index (χ2n) is 7.13. The first-order chi connectivity index (χ1) is 13.1. The van der Waals surface area contributed by atoms with Gasteiger partial charge in [0.25, 0.3) is 0 Å². The van der Waals surface area contributed by atoms with Crippen LogP contribution in [0.4, 0.5) is 10.5 Å². The average Bonchev–Trinajstić information content (AvgIpc) is 3.34. The highest BCUT2D eigenvalue weighted by Crippen LogP contribution is 2.30. The molecule has 2 aromatic heterocycles. The number of piperidine rings is 1. The molecule has 0 saturated carbocycles. The van der Waals surface area contributed by atoms with E-state index >= 15 is 0 Å². The van der Waals surface area contributed by atoms with Gasteiger partial charge in [-0.05, 0) is 44.7 Å². The van der Waals surface area contributed by atoms with Crippen LogP contribution >= 0.6 is 0 Å². The first kappa shape index (κ1) is 17.3. The molecule has 2 amide bonds. The molecule has 0 aliphatic carbocycles. The summed E-state index contributed by atoms with van der Waals surface area (Å²) in [4.78, 5) is 14.8. The molecule has 1 aliphatic heterocycles. The van der Waals surface area contributed by atoms with Crippen LogP contribution in [0.1, 0.15) is 42.0 Å². The zero-order valence-corrected chi connectivity index (χ0v) is 15.6. The van der Waals surface area contributed by atoms with Crippen LogP contribution in [0.15, 0.2) is 43.0 Å². The largest absolute Gasteiger partial charge is 0.322 e. The van der Waals surface area contributed by atoms with E-state index in [1.165, 1.54) is 5.56 Å². The lowest BCUT2D eigenvalue weighted by molar-refractivity contribution is 0.163. The van der Waals surface area contributed by atoms with Crippen LogP contribution in [0.3, 0.4) is 0 Å². The summed E-state index contributed by atoms with van der Waals surface area (Å²) in [6.45, 7) is 4.87. The molecule has 1 atom stereocenters. The number of hydrogen-bond donors (Lipinski definition) is 2. The molecule has 3 aromatic rings. The third-order valence-electron chi connectivity index (χ3n) is 5.10. The molecule has 27 heavy (non-hydrogen) atoms. The van der Waals surface area contributed by atoms with Crippen molar-refractivity contribution in [2.75, 3.05) is 11.9 Å². The maximum atomic E-state index is 12.9. The lowest BCUT2D eigenvalue weighted by atomic mass is 9.98. The van der Waals surface area contributed by atoms with Gasteiger partial charge in [-0.2, -0.15) is 10.2 Å². The number of likely N-dealkylation sites (tertiary alicyclic amines) is 1. The fourth-order valence-electron chi connectivity index (χ4n) is 3.74. The minimum Gasteiger partial charge on any atom is -0.317 e. The normalized spacial score (nSPS) is 17.1. The Hall–Kier alpha value is -3.09. The van der Waals surface area contributed by atoms with Gasteiger partial charge in [0.05, 0.1) is 36.0 Å². The van der Waals surface area contributed by atoms with Crippen molar-refractivity contribution < 1.29 is 4.79 Å². The molecule has 0 radical (unpaired) electrons. The minimum atomic E-state index is -0.0962. The molecule has 0 bridgehead atoms. The molecule has 140 valence electrons. The van der Waals surface area contributed by atoms with Gasteiger partial charge in [-0.1, -0.05) is 17.7 Å². The van der Waals surface area contributed by atoms with E-state index in [-0.39, 0.29) is 12.1 Å². The third-order valence-corrected chi connectivity index (χ3v) is 5.10. The summed E-state index contributed by atoms with van der Waals surface area (Å²) in [5, 5.41) is 14.3. The number of anilines is 1. The molecule has 1 saturated heterocycles. The molecule has 7 heteroatoms. The van der Waals surface area contributed by atoms with E-state index in [9.17, 15) is 4.79 Å².